The Kier molecular flexibility index (Phi) is 4.68. The molecule has 0 N–H and O–H groups in total. The Morgan fingerprint density at radius 2 is 2.19 bits per heavy atom. The second kappa shape index (κ2) is 5.83. The predicted octanol–water partition coefficient (Wildman–Crippen LogP) is 3.38. The molecule has 0 radical (unpaired) electrons. The van der Waals surface area contributed by atoms with E-state index in [0.717, 1.165) is 24.5 Å². The highest BCUT2D eigenvalue weighted by molar-refractivity contribution is 9.09. The van der Waals surface area contributed by atoms with Crippen molar-refractivity contribution in [3.63, 3.8) is 0 Å². The molecule has 1 aliphatic heterocycles. The zero-order valence-electron chi connectivity index (χ0n) is 10.2. The number of hydrogen-bond donors (Lipinski definition) is 0. The molecule has 2 atom stereocenters. The molecule has 1 aliphatic carbocycles. The van der Waals surface area contributed by atoms with Crippen LogP contribution in [0.4, 0.5) is 0 Å². The van der Waals surface area contributed by atoms with Crippen molar-refractivity contribution in [2.75, 3.05) is 25.7 Å². The fraction of sp³-hybridized carbons (Fsp3) is 1.00. The van der Waals surface area contributed by atoms with E-state index in [1.54, 1.807) is 7.11 Å². The summed E-state index contributed by atoms with van der Waals surface area (Å²) < 4.78 is 11.1. The molecule has 16 heavy (non-hydrogen) atoms. The largest absolute Gasteiger partial charge is 0.385 e. The third kappa shape index (κ3) is 2.80. The van der Waals surface area contributed by atoms with Gasteiger partial charge >= 0.3 is 0 Å². The van der Waals surface area contributed by atoms with Crippen LogP contribution in [-0.4, -0.2) is 31.8 Å². The summed E-state index contributed by atoms with van der Waals surface area (Å²) in [4.78, 5) is 0. The molecule has 94 valence electrons. The van der Waals surface area contributed by atoms with Crippen LogP contribution in [0, 0.1) is 11.3 Å². The summed E-state index contributed by atoms with van der Waals surface area (Å²) >= 11 is 3.73. The highest BCUT2D eigenvalue weighted by atomic mass is 79.9. The van der Waals surface area contributed by atoms with Crippen LogP contribution >= 0.6 is 15.9 Å². The smallest absolute Gasteiger partial charge is 0.0668 e. The molecule has 3 heteroatoms. The Morgan fingerprint density at radius 3 is 2.81 bits per heavy atom. The second-order valence-electron chi connectivity index (χ2n) is 5.32. The van der Waals surface area contributed by atoms with Crippen molar-refractivity contribution in [3.05, 3.63) is 0 Å². The number of hydrogen-bond acceptors (Lipinski definition) is 2. The van der Waals surface area contributed by atoms with E-state index in [4.69, 9.17) is 9.47 Å². The number of rotatable bonds is 7. The Bertz CT molecular complexity index is 218. The van der Waals surface area contributed by atoms with Crippen molar-refractivity contribution in [3.8, 4) is 0 Å². The molecular formula is C13H23BrO2. The topological polar surface area (TPSA) is 18.5 Å². The summed E-state index contributed by atoms with van der Waals surface area (Å²) in [6.07, 6.45) is 8.30. The molecule has 0 bridgehead atoms. The maximum Gasteiger partial charge on any atom is 0.0668 e. The third-order valence-electron chi connectivity index (χ3n) is 4.09. The van der Waals surface area contributed by atoms with Gasteiger partial charge in [0.15, 0.2) is 0 Å². The van der Waals surface area contributed by atoms with E-state index < -0.39 is 0 Å². The van der Waals surface area contributed by atoms with Gasteiger partial charge < -0.3 is 9.47 Å². The van der Waals surface area contributed by atoms with E-state index in [1.165, 1.54) is 38.5 Å². The molecule has 2 rings (SSSR count). The molecule has 0 spiro atoms. The minimum absolute atomic E-state index is 0.426. The molecule has 0 aromatic rings. The number of halogens is 1. The van der Waals surface area contributed by atoms with E-state index >= 15 is 0 Å². The monoisotopic (exact) mass is 290 g/mol. The molecule has 0 amide bonds. The maximum absolute atomic E-state index is 5.98. The van der Waals surface area contributed by atoms with Gasteiger partial charge in [-0.2, -0.15) is 0 Å². The van der Waals surface area contributed by atoms with Gasteiger partial charge in [-0.1, -0.05) is 22.4 Å². The van der Waals surface area contributed by atoms with Crippen LogP contribution in [0.2, 0.25) is 0 Å². The van der Waals surface area contributed by atoms with Crippen molar-refractivity contribution in [1.29, 1.82) is 0 Å². The lowest BCUT2D eigenvalue weighted by molar-refractivity contribution is 0.0358. The van der Waals surface area contributed by atoms with Crippen molar-refractivity contribution < 1.29 is 9.47 Å². The van der Waals surface area contributed by atoms with Gasteiger partial charge in [-0.25, -0.2) is 0 Å². The van der Waals surface area contributed by atoms with Crippen molar-refractivity contribution in [2.45, 2.75) is 44.6 Å². The van der Waals surface area contributed by atoms with Crippen molar-refractivity contribution >= 4 is 15.9 Å². The zero-order chi connectivity index (χ0) is 11.4. The van der Waals surface area contributed by atoms with E-state index in [1.807, 2.05) is 0 Å². The lowest BCUT2D eigenvalue weighted by Gasteiger charge is -2.32. The van der Waals surface area contributed by atoms with Crippen LogP contribution in [0.3, 0.4) is 0 Å². The first-order chi connectivity index (χ1) is 7.82. The predicted molar refractivity (Wildman–Crippen MR) is 69.0 cm³/mol. The molecule has 1 saturated heterocycles. The van der Waals surface area contributed by atoms with Gasteiger partial charge in [0.05, 0.1) is 6.10 Å². The van der Waals surface area contributed by atoms with Crippen LogP contribution < -0.4 is 0 Å². The maximum atomic E-state index is 5.98. The summed E-state index contributed by atoms with van der Waals surface area (Å²) in [6.45, 7) is 1.87. The van der Waals surface area contributed by atoms with Gasteiger partial charge in [0, 0.05) is 31.1 Å². The number of methoxy groups -OCH3 is 1. The standard InChI is InChI=1S/C13H23BrO2/c1-15-8-3-2-6-13(10-14)7-9-16-12(13)11-4-5-11/h11-12H,2-10H2,1H3. The first-order valence-electron chi connectivity index (χ1n) is 6.49. The van der Waals surface area contributed by atoms with Crippen molar-refractivity contribution in [1.82, 2.24) is 0 Å². The molecular weight excluding hydrogens is 268 g/mol. The fourth-order valence-corrected chi connectivity index (χ4v) is 3.82. The first kappa shape index (κ1) is 12.8. The fourth-order valence-electron chi connectivity index (χ4n) is 2.94. The molecule has 2 fully saturated rings. The van der Waals surface area contributed by atoms with Crippen molar-refractivity contribution in [2.24, 2.45) is 11.3 Å². The Balaban J connectivity index is 1.84. The van der Waals surface area contributed by atoms with Gasteiger partial charge in [-0.3, -0.25) is 0 Å². The Labute approximate surface area is 107 Å². The number of alkyl halides is 1. The highest BCUT2D eigenvalue weighted by Crippen LogP contribution is 2.51. The normalized spacial score (nSPS) is 34.5. The van der Waals surface area contributed by atoms with Gasteiger partial charge in [0.1, 0.15) is 0 Å². The molecule has 0 aromatic heterocycles. The number of ether oxygens (including phenoxy) is 2. The van der Waals surface area contributed by atoms with Gasteiger partial charge in [-0.05, 0) is 38.0 Å². The van der Waals surface area contributed by atoms with Crippen LogP contribution in [-0.2, 0) is 9.47 Å². The SMILES string of the molecule is COCCCCC1(CBr)CCOC1C1CC1. The lowest BCUT2D eigenvalue weighted by atomic mass is 9.77. The lowest BCUT2D eigenvalue weighted by Crippen LogP contribution is -2.34. The van der Waals surface area contributed by atoms with Crippen LogP contribution in [0.1, 0.15) is 38.5 Å². The molecule has 0 aromatic carbocycles. The summed E-state index contributed by atoms with van der Waals surface area (Å²) in [5, 5.41) is 1.11. The zero-order valence-corrected chi connectivity index (χ0v) is 11.8. The molecule has 2 unspecified atom stereocenters. The summed E-state index contributed by atoms with van der Waals surface area (Å²) in [5.41, 5.74) is 0.426. The van der Waals surface area contributed by atoms with E-state index in [9.17, 15) is 0 Å². The first-order valence-corrected chi connectivity index (χ1v) is 7.61. The summed E-state index contributed by atoms with van der Waals surface area (Å²) in [5.74, 6) is 0.863. The Hall–Kier alpha value is 0.400. The van der Waals surface area contributed by atoms with E-state index in [2.05, 4.69) is 15.9 Å². The average Bonchev–Trinajstić information content (AvgIpc) is 3.06. The third-order valence-corrected chi connectivity index (χ3v) is 5.21. The summed E-state index contributed by atoms with van der Waals surface area (Å²) in [6, 6.07) is 0. The van der Waals surface area contributed by atoms with Crippen LogP contribution in [0.25, 0.3) is 0 Å². The minimum Gasteiger partial charge on any atom is -0.385 e. The van der Waals surface area contributed by atoms with Crippen LogP contribution in [0.5, 0.6) is 0 Å². The van der Waals surface area contributed by atoms with E-state index in [-0.39, 0.29) is 0 Å². The molecule has 1 saturated carbocycles. The van der Waals surface area contributed by atoms with Gasteiger partial charge in [0.2, 0.25) is 0 Å². The molecule has 2 aliphatic rings. The minimum atomic E-state index is 0.426. The highest BCUT2D eigenvalue weighted by Gasteiger charge is 2.49. The van der Waals surface area contributed by atoms with Gasteiger partial charge in [0.25, 0.3) is 0 Å². The van der Waals surface area contributed by atoms with Crippen LogP contribution in [0.15, 0.2) is 0 Å². The number of unbranched alkanes of at least 4 members (excludes halogenated alkanes) is 1. The summed E-state index contributed by atoms with van der Waals surface area (Å²) in [7, 11) is 1.78. The second-order valence-corrected chi connectivity index (χ2v) is 5.89. The van der Waals surface area contributed by atoms with Gasteiger partial charge in [-0.15, -0.1) is 0 Å². The average molecular weight is 291 g/mol. The molecule has 1 heterocycles. The Morgan fingerprint density at radius 1 is 1.38 bits per heavy atom. The van der Waals surface area contributed by atoms with E-state index in [0.29, 0.717) is 11.5 Å². The quantitative estimate of drug-likeness (QED) is 0.529. The molecule has 2 nitrogen and oxygen atoms in total.